The molecule has 0 saturated heterocycles. The van der Waals surface area contributed by atoms with Gasteiger partial charge in [0.2, 0.25) is 0 Å². The van der Waals surface area contributed by atoms with Crippen molar-refractivity contribution in [2.24, 2.45) is 11.1 Å². The number of hydrogen-bond acceptors (Lipinski definition) is 1. The van der Waals surface area contributed by atoms with Crippen LogP contribution in [-0.4, -0.2) is 0 Å². The third-order valence-corrected chi connectivity index (χ3v) is 2.84. The molecule has 0 fully saturated rings. The molecule has 14 heavy (non-hydrogen) atoms. The molecule has 1 aromatic carbocycles. The maximum atomic E-state index is 13.0. The Labute approximate surface area is 92.6 Å². The molecule has 1 atom stereocenters. The summed E-state index contributed by atoms with van der Waals surface area (Å²) in [4.78, 5) is 0. The lowest BCUT2D eigenvalue weighted by atomic mass is 9.83. The lowest BCUT2D eigenvalue weighted by Crippen LogP contribution is -2.26. The summed E-state index contributed by atoms with van der Waals surface area (Å²) in [7, 11) is 0. The predicted octanol–water partition coefficient (Wildman–Crippen LogP) is 3.63. The molecule has 0 aliphatic heterocycles. The van der Waals surface area contributed by atoms with Gasteiger partial charge >= 0.3 is 0 Å². The van der Waals surface area contributed by atoms with Crippen LogP contribution in [0.2, 0.25) is 0 Å². The van der Waals surface area contributed by atoms with Gasteiger partial charge in [-0.05, 0) is 39.0 Å². The number of nitrogens with two attached hydrogens (primary N) is 1. The Balaban J connectivity index is 3.03. The first-order valence-corrected chi connectivity index (χ1v) is 5.32. The van der Waals surface area contributed by atoms with Crippen LogP contribution in [0.15, 0.2) is 22.7 Å². The van der Waals surface area contributed by atoms with E-state index in [0.29, 0.717) is 4.47 Å². The molecule has 78 valence electrons. The number of benzene rings is 1. The molecule has 1 nitrogen and oxygen atoms in total. The molecular formula is C11H15BrFN. The maximum Gasteiger partial charge on any atom is 0.137 e. The molecule has 0 spiro atoms. The average Bonchev–Trinajstić information content (AvgIpc) is 2.07. The van der Waals surface area contributed by atoms with Crippen molar-refractivity contribution in [2.45, 2.75) is 26.8 Å². The quantitative estimate of drug-likeness (QED) is 0.819. The largest absolute Gasteiger partial charge is 0.324 e. The van der Waals surface area contributed by atoms with Crippen LogP contribution in [0.1, 0.15) is 32.4 Å². The highest BCUT2D eigenvalue weighted by molar-refractivity contribution is 9.10. The monoisotopic (exact) mass is 259 g/mol. The third-order valence-electron chi connectivity index (χ3n) is 2.24. The summed E-state index contributed by atoms with van der Waals surface area (Å²) < 4.78 is 13.4. The zero-order valence-corrected chi connectivity index (χ0v) is 10.2. The number of rotatable bonds is 1. The molecule has 2 N–H and O–H groups in total. The highest BCUT2D eigenvalue weighted by Crippen LogP contribution is 2.32. The van der Waals surface area contributed by atoms with Crippen LogP contribution in [-0.2, 0) is 0 Å². The van der Waals surface area contributed by atoms with Crippen molar-refractivity contribution in [2.75, 3.05) is 0 Å². The summed E-state index contributed by atoms with van der Waals surface area (Å²) in [5, 5.41) is 0. The number of halogens is 2. The minimum absolute atomic E-state index is 0.0166. The second-order valence-electron chi connectivity index (χ2n) is 4.52. The van der Waals surface area contributed by atoms with Gasteiger partial charge in [-0.25, -0.2) is 4.39 Å². The van der Waals surface area contributed by atoms with E-state index >= 15 is 0 Å². The molecule has 0 heterocycles. The molecule has 0 saturated carbocycles. The zero-order chi connectivity index (χ0) is 10.9. The summed E-state index contributed by atoms with van der Waals surface area (Å²) in [5.74, 6) is -0.255. The summed E-state index contributed by atoms with van der Waals surface area (Å²) in [6, 6.07) is 4.83. The predicted molar refractivity (Wildman–Crippen MR) is 60.5 cm³/mol. The van der Waals surface area contributed by atoms with Gasteiger partial charge in [-0.1, -0.05) is 26.8 Å². The van der Waals surface area contributed by atoms with Crippen LogP contribution < -0.4 is 5.73 Å². The highest BCUT2D eigenvalue weighted by atomic mass is 79.9. The van der Waals surface area contributed by atoms with Crippen LogP contribution in [0, 0.1) is 11.2 Å². The summed E-state index contributed by atoms with van der Waals surface area (Å²) >= 11 is 3.15. The first kappa shape index (κ1) is 11.7. The van der Waals surface area contributed by atoms with Gasteiger partial charge in [0, 0.05) is 6.04 Å². The van der Waals surface area contributed by atoms with Crippen LogP contribution in [0.25, 0.3) is 0 Å². The Hall–Kier alpha value is -0.410. The highest BCUT2D eigenvalue weighted by Gasteiger charge is 2.22. The van der Waals surface area contributed by atoms with Gasteiger partial charge in [-0.15, -0.1) is 0 Å². The molecule has 0 aliphatic carbocycles. The normalized spacial score (nSPS) is 14.1. The van der Waals surface area contributed by atoms with Crippen LogP contribution >= 0.6 is 15.9 Å². The van der Waals surface area contributed by atoms with Crippen LogP contribution in [0.5, 0.6) is 0 Å². The van der Waals surface area contributed by atoms with E-state index in [2.05, 4.69) is 36.7 Å². The van der Waals surface area contributed by atoms with E-state index < -0.39 is 0 Å². The van der Waals surface area contributed by atoms with E-state index in [1.165, 1.54) is 6.07 Å². The minimum Gasteiger partial charge on any atom is -0.324 e. The molecular weight excluding hydrogens is 245 g/mol. The van der Waals surface area contributed by atoms with Crippen molar-refractivity contribution in [3.8, 4) is 0 Å². The van der Waals surface area contributed by atoms with E-state index in [1.807, 2.05) is 0 Å². The Morgan fingerprint density at radius 3 is 2.36 bits per heavy atom. The summed E-state index contributed by atoms with van der Waals surface area (Å²) in [6.45, 7) is 6.19. The van der Waals surface area contributed by atoms with Gasteiger partial charge in [0.1, 0.15) is 5.82 Å². The molecule has 0 unspecified atom stereocenters. The molecule has 0 radical (unpaired) electrons. The Morgan fingerprint density at radius 1 is 1.36 bits per heavy atom. The lowest BCUT2D eigenvalue weighted by molar-refractivity contribution is 0.326. The van der Waals surface area contributed by atoms with Gasteiger partial charge in [0.15, 0.2) is 0 Å². The van der Waals surface area contributed by atoms with Gasteiger partial charge in [-0.3, -0.25) is 0 Å². The van der Waals surface area contributed by atoms with Gasteiger partial charge in [0.05, 0.1) is 4.47 Å². The lowest BCUT2D eigenvalue weighted by Gasteiger charge is -2.27. The Bertz CT molecular complexity index is 331. The fourth-order valence-corrected chi connectivity index (χ4v) is 1.60. The zero-order valence-electron chi connectivity index (χ0n) is 8.64. The molecule has 0 bridgehead atoms. The van der Waals surface area contributed by atoms with Gasteiger partial charge < -0.3 is 5.73 Å². The van der Waals surface area contributed by atoms with Crippen molar-refractivity contribution in [1.29, 1.82) is 0 Å². The molecule has 1 aromatic rings. The van der Waals surface area contributed by atoms with Crippen molar-refractivity contribution in [3.63, 3.8) is 0 Å². The van der Waals surface area contributed by atoms with Gasteiger partial charge in [-0.2, -0.15) is 0 Å². The Morgan fingerprint density at radius 2 is 1.93 bits per heavy atom. The van der Waals surface area contributed by atoms with Crippen LogP contribution in [0.4, 0.5) is 4.39 Å². The van der Waals surface area contributed by atoms with E-state index in [9.17, 15) is 4.39 Å². The third kappa shape index (κ3) is 2.55. The van der Waals surface area contributed by atoms with Gasteiger partial charge in [0.25, 0.3) is 0 Å². The minimum atomic E-state index is -0.255. The van der Waals surface area contributed by atoms with Crippen molar-refractivity contribution in [3.05, 3.63) is 34.1 Å². The topological polar surface area (TPSA) is 26.0 Å². The first-order valence-electron chi connectivity index (χ1n) is 4.53. The van der Waals surface area contributed by atoms with E-state index in [4.69, 9.17) is 5.73 Å². The standard InChI is InChI=1S/C11H15BrFN/c1-11(2,3)10(14)7-4-5-9(13)8(12)6-7/h4-6,10H,14H2,1-3H3/t10-/m0/s1. The van der Waals surface area contributed by atoms with Crippen LogP contribution in [0.3, 0.4) is 0 Å². The first-order chi connectivity index (χ1) is 6.32. The van der Waals surface area contributed by atoms with Crippen molar-refractivity contribution < 1.29 is 4.39 Å². The SMILES string of the molecule is CC(C)(C)[C@@H](N)c1ccc(F)c(Br)c1. The maximum absolute atomic E-state index is 13.0. The summed E-state index contributed by atoms with van der Waals surface area (Å²) in [6.07, 6.45) is 0. The smallest absolute Gasteiger partial charge is 0.137 e. The molecule has 3 heteroatoms. The second kappa shape index (κ2) is 3.99. The van der Waals surface area contributed by atoms with E-state index in [0.717, 1.165) is 5.56 Å². The molecule has 0 aliphatic rings. The Kier molecular flexibility index (Phi) is 3.32. The second-order valence-corrected chi connectivity index (χ2v) is 5.37. The fraction of sp³-hybridized carbons (Fsp3) is 0.455. The van der Waals surface area contributed by atoms with Crippen molar-refractivity contribution >= 4 is 15.9 Å². The molecule has 1 rings (SSSR count). The van der Waals surface area contributed by atoms with E-state index in [1.54, 1.807) is 12.1 Å². The average molecular weight is 260 g/mol. The fourth-order valence-electron chi connectivity index (χ4n) is 1.21. The van der Waals surface area contributed by atoms with E-state index in [-0.39, 0.29) is 17.3 Å². The molecule has 0 aromatic heterocycles. The van der Waals surface area contributed by atoms with Crippen molar-refractivity contribution in [1.82, 2.24) is 0 Å². The molecule has 0 amide bonds. The number of hydrogen-bond donors (Lipinski definition) is 1. The summed E-state index contributed by atoms with van der Waals surface area (Å²) in [5.41, 5.74) is 6.98.